The molecule has 0 unspecified atom stereocenters. The highest BCUT2D eigenvalue weighted by atomic mass is 35.5. The van der Waals surface area contributed by atoms with Crippen LogP contribution in [0.1, 0.15) is 37.2 Å². The molecule has 1 saturated heterocycles. The predicted octanol–water partition coefficient (Wildman–Crippen LogP) is 2.66. The maximum Gasteiger partial charge on any atom is 0.359 e. The number of piperidine rings is 1. The lowest BCUT2D eigenvalue weighted by atomic mass is 9.99. The molecule has 0 aliphatic carbocycles. The van der Waals surface area contributed by atoms with E-state index in [0.29, 0.717) is 24.2 Å². The van der Waals surface area contributed by atoms with Gasteiger partial charge in [0.2, 0.25) is 0 Å². The quantitative estimate of drug-likeness (QED) is 0.468. The minimum Gasteiger partial charge on any atom is -0.448 e. The van der Waals surface area contributed by atoms with Crippen LogP contribution in [0.15, 0.2) is 11.4 Å². The van der Waals surface area contributed by atoms with Crippen molar-refractivity contribution in [2.75, 3.05) is 19.3 Å². The van der Waals surface area contributed by atoms with Crippen molar-refractivity contribution in [2.45, 2.75) is 37.9 Å². The summed E-state index contributed by atoms with van der Waals surface area (Å²) >= 11 is 7.24. The van der Waals surface area contributed by atoms with Gasteiger partial charge in [0.25, 0.3) is 5.91 Å². The highest BCUT2D eigenvalue weighted by molar-refractivity contribution is 7.98. The third-order valence-electron chi connectivity index (χ3n) is 3.82. The zero-order valence-corrected chi connectivity index (χ0v) is 15.0. The Hall–Kier alpha value is -1.34. The van der Waals surface area contributed by atoms with Crippen LogP contribution in [0.5, 0.6) is 0 Å². The molecule has 1 aliphatic rings. The Balaban J connectivity index is 2.00. The number of halogens is 1. The first-order valence-corrected chi connectivity index (χ1v) is 9.09. The van der Waals surface area contributed by atoms with Crippen LogP contribution in [0, 0.1) is 5.92 Å². The highest BCUT2D eigenvalue weighted by Crippen LogP contribution is 2.20. The molecule has 1 amide bonds. The van der Waals surface area contributed by atoms with Gasteiger partial charge in [-0.15, -0.1) is 0 Å². The number of ether oxygens (including phenoxy) is 1. The molecule has 0 bridgehead atoms. The van der Waals surface area contributed by atoms with Crippen molar-refractivity contribution < 1.29 is 14.3 Å². The zero-order chi connectivity index (χ0) is 17.0. The lowest BCUT2D eigenvalue weighted by molar-refractivity contribution is -0.141. The molecule has 0 radical (unpaired) electrons. The van der Waals surface area contributed by atoms with Crippen molar-refractivity contribution in [3.8, 4) is 0 Å². The van der Waals surface area contributed by atoms with E-state index in [-0.39, 0.29) is 16.6 Å². The number of carbonyl (C=O) groups is 2. The molecule has 0 aromatic carbocycles. The van der Waals surface area contributed by atoms with Crippen LogP contribution in [0.3, 0.4) is 0 Å². The van der Waals surface area contributed by atoms with E-state index < -0.39 is 12.1 Å². The van der Waals surface area contributed by atoms with Gasteiger partial charge in [0.1, 0.15) is 0 Å². The number of likely N-dealkylation sites (tertiary alicyclic amines) is 1. The van der Waals surface area contributed by atoms with E-state index in [0.717, 1.165) is 12.8 Å². The minimum absolute atomic E-state index is 0.0158. The van der Waals surface area contributed by atoms with Gasteiger partial charge >= 0.3 is 5.97 Å². The Morgan fingerprint density at radius 3 is 2.70 bits per heavy atom. The maximum absolute atomic E-state index is 12.4. The fraction of sp³-hybridized carbons (Fsp3) is 0.600. The van der Waals surface area contributed by atoms with Crippen LogP contribution in [-0.4, -0.2) is 52.2 Å². The smallest absolute Gasteiger partial charge is 0.359 e. The van der Waals surface area contributed by atoms with E-state index in [2.05, 4.69) is 16.9 Å². The average molecular weight is 358 g/mol. The third kappa shape index (κ3) is 4.57. The molecule has 1 aliphatic heterocycles. The standard InChI is InChI=1S/C15H20ClN3O3S/c1-9-4-6-19(7-5-9)13(20)10(2)22-14(21)12-11(16)8-17-15(18-12)23-3/h8-10H,4-7H2,1-3H3/t10-/m1/s1. The fourth-order valence-electron chi connectivity index (χ4n) is 2.35. The first kappa shape index (κ1) is 18.0. The van der Waals surface area contributed by atoms with E-state index in [1.807, 2.05) is 0 Å². The van der Waals surface area contributed by atoms with Gasteiger partial charge in [-0.05, 0) is 31.9 Å². The summed E-state index contributed by atoms with van der Waals surface area (Å²) in [5.41, 5.74) is -0.0158. The van der Waals surface area contributed by atoms with E-state index in [9.17, 15) is 9.59 Å². The Labute approximate surface area is 145 Å². The molecule has 1 atom stereocenters. The normalized spacial score (nSPS) is 17.0. The number of rotatable bonds is 4. The summed E-state index contributed by atoms with van der Waals surface area (Å²) in [6, 6.07) is 0. The molecule has 0 saturated carbocycles. The lowest BCUT2D eigenvalue weighted by Crippen LogP contribution is -2.44. The summed E-state index contributed by atoms with van der Waals surface area (Å²) in [6.45, 7) is 5.15. The summed E-state index contributed by atoms with van der Waals surface area (Å²) in [6.07, 6.45) is 4.24. The van der Waals surface area contributed by atoms with Gasteiger partial charge in [-0.25, -0.2) is 14.8 Å². The SMILES string of the molecule is CSc1ncc(Cl)c(C(=O)O[C@H](C)C(=O)N2CCC(C)CC2)n1. The summed E-state index contributed by atoms with van der Waals surface area (Å²) in [5.74, 6) is -0.263. The summed E-state index contributed by atoms with van der Waals surface area (Å²) in [7, 11) is 0. The maximum atomic E-state index is 12.4. The van der Waals surface area contributed by atoms with Crippen molar-refractivity contribution in [1.29, 1.82) is 0 Å². The molecule has 8 heteroatoms. The van der Waals surface area contributed by atoms with Gasteiger partial charge < -0.3 is 9.64 Å². The monoisotopic (exact) mass is 357 g/mol. The Morgan fingerprint density at radius 2 is 2.09 bits per heavy atom. The van der Waals surface area contributed by atoms with Gasteiger partial charge in [0.15, 0.2) is 17.0 Å². The van der Waals surface area contributed by atoms with Gasteiger partial charge in [-0.1, -0.05) is 30.3 Å². The molecule has 6 nitrogen and oxygen atoms in total. The predicted molar refractivity (Wildman–Crippen MR) is 88.7 cm³/mol. The summed E-state index contributed by atoms with van der Waals surface area (Å²) in [5, 5.41) is 0.532. The minimum atomic E-state index is -0.861. The summed E-state index contributed by atoms with van der Waals surface area (Å²) < 4.78 is 5.24. The molecule has 0 spiro atoms. The number of thioether (sulfide) groups is 1. The van der Waals surface area contributed by atoms with E-state index in [4.69, 9.17) is 16.3 Å². The Kier molecular flexibility index (Phi) is 6.24. The van der Waals surface area contributed by atoms with Crippen LogP contribution >= 0.6 is 23.4 Å². The molecule has 1 fully saturated rings. The van der Waals surface area contributed by atoms with Crippen molar-refractivity contribution >= 4 is 35.2 Å². The van der Waals surface area contributed by atoms with Crippen LogP contribution in [-0.2, 0) is 9.53 Å². The average Bonchev–Trinajstić information content (AvgIpc) is 2.55. The largest absolute Gasteiger partial charge is 0.448 e. The number of carbonyl (C=O) groups excluding carboxylic acids is 2. The molecular weight excluding hydrogens is 338 g/mol. The number of amides is 1. The number of hydrogen-bond acceptors (Lipinski definition) is 6. The number of esters is 1. The molecule has 0 N–H and O–H groups in total. The Morgan fingerprint density at radius 1 is 1.43 bits per heavy atom. The van der Waals surface area contributed by atoms with E-state index >= 15 is 0 Å². The van der Waals surface area contributed by atoms with Crippen LogP contribution in [0.25, 0.3) is 0 Å². The molecular formula is C15H20ClN3O3S. The lowest BCUT2D eigenvalue weighted by Gasteiger charge is -2.31. The van der Waals surface area contributed by atoms with Crippen molar-refractivity contribution in [1.82, 2.24) is 14.9 Å². The van der Waals surface area contributed by atoms with Crippen LogP contribution in [0.4, 0.5) is 0 Å². The van der Waals surface area contributed by atoms with Crippen LogP contribution < -0.4 is 0 Å². The Bertz CT molecular complexity index is 591. The molecule has 126 valence electrons. The van der Waals surface area contributed by atoms with Crippen LogP contribution in [0.2, 0.25) is 5.02 Å². The molecule has 1 aromatic rings. The molecule has 1 aromatic heterocycles. The second-order valence-corrected chi connectivity index (χ2v) is 6.79. The number of aromatic nitrogens is 2. The van der Waals surface area contributed by atoms with Gasteiger partial charge in [-0.2, -0.15) is 0 Å². The second-order valence-electron chi connectivity index (χ2n) is 5.61. The van der Waals surface area contributed by atoms with Gasteiger partial charge in [0.05, 0.1) is 11.2 Å². The third-order valence-corrected chi connectivity index (χ3v) is 4.66. The molecule has 2 rings (SSSR count). The van der Waals surface area contributed by atoms with Gasteiger partial charge in [-0.3, -0.25) is 4.79 Å². The number of nitrogens with zero attached hydrogens (tertiary/aromatic N) is 3. The second kappa shape index (κ2) is 7.97. The van der Waals surface area contributed by atoms with Crippen molar-refractivity contribution in [3.05, 3.63) is 16.9 Å². The van der Waals surface area contributed by atoms with Gasteiger partial charge in [0, 0.05) is 13.1 Å². The van der Waals surface area contributed by atoms with Crippen molar-refractivity contribution in [2.24, 2.45) is 5.92 Å². The first-order valence-electron chi connectivity index (χ1n) is 7.48. The van der Waals surface area contributed by atoms with E-state index in [1.54, 1.807) is 18.1 Å². The molecule has 23 heavy (non-hydrogen) atoms. The fourth-order valence-corrected chi connectivity index (χ4v) is 2.85. The summed E-state index contributed by atoms with van der Waals surface area (Å²) in [4.78, 5) is 34.3. The molecule has 2 heterocycles. The first-order chi connectivity index (χ1) is 10.9. The zero-order valence-electron chi connectivity index (χ0n) is 13.4. The van der Waals surface area contributed by atoms with E-state index in [1.165, 1.54) is 18.0 Å². The number of hydrogen-bond donors (Lipinski definition) is 0. The topological polar surface area (TPSA) is 72.4 Å². The van der Waals surface area contributed by atoms with Crippen molar-refractivity contribution in [3.63, 3.8) is 0 Å². The highest BCUT2D eigenvalue weighted by Gasteiger charge is 2.28.